The summed E-state index contributed by atoms with van der Waals surface area (Å²) < 4.78 is 14.5. The molecule has 6 nitrogen and oxygen atoms in total. The minimum atomic E-state index is -0.535. The molecule has 1 aliphatic heterocycles. The van der Waals surface area contributed by atoms with Crippen LogP contribution in [0.15, 0.2) is 18.2 Å². The Balaban J connectivity index is 1.60. The molecule has 0 spiro atoms. The quantitative estimate of drug-likeness (QED) is 0.701. The summed E-state index contributed by atoms with van der Waals surface area (Å²) in [5, 5.41) is 3.02. The van der Waals surface area contributed by atoms with E-state index in [4.69, 9.17) is 0 Å². The average Bonchev–Trinajstić information content (AvgIpc) is 2.77. The zero-order valence-corrected chi connectivity index (χ0v) is 18.8. The Labute approximate surface area is 184 Å². The summed E-state index contributed by atoms with van der Waals surface area (Å²) in [5.74, 6) is -0.650. The standard InChI is InChI=1S/C24H34FN3O3/c1-16(2)22(26-23(30)18-7-5-4-6-8-18)24(31)28-13-11-27(12-14-28)21-10-9-19(17(3)29)15-20(21)25/h9-10,15-16,18,22H,4-8,11-14H2,1-3H3,(H,26,30). The predicted octanol–water partition coefficient (Wildman–Crippen LogP) is 3.40. The van der Waals surface area contributed by atoms with Gasteiger partial charge in [-0.3, -0.25) is 14.4 Å². The van der Waals surface area contributed by atoms with E-state index in [0.29, 0.717) is 37.4 Å². The molecule has 1 heterocycles. The maximum Gasteiger partial charge on any atom is 0.245 e. The number of carbonyl (C=O) groups excluding carboxylic acids is 3. The predicted molar refractivity (Wildman–Crippen MR) is 119 cm³/mol. The number of nitrogens with zero attached hydrogens (tertiary/aromatic N) is 2. The monoisotopic (exact) mass is 431 g/mol. The lowest BCUT2D eigenvalue weighted by Gasteiger charge is -2.38. The van der Waals surface area contributed by atoms with Gasteiger partial charge in [0, 0.05) is 37.7 Å². The van der Waals surface area contributed by atoms with Gasteiger partial charge in [-0.1, -0.05) is 33.1 Å². The molecule has 1 N–H and O–H groups in total. The molecule has 1 unspecified atom stereocenters. The molecule has 1 aromatic carbocycles. The van der Waals surface area contributed by atoms with E-state index in [1.165, 1.54) is 19.4 Å². The summed E-state index contributed by atoms with van der Waals surface area (Å²) in [6, 6.07) is 4.00. The van der Waals surface area contributed by atoms with Crippen LogP contribution in [0.3, 0.4) is 0 Å². The van der Waals surface area contributed by atoms with E-state index < -0.39 is 11.9 Å². The highest BCUT2D eigenvalue weighted by Gasteiger charge is 2.33. The second kappa shape index (κ2) is 10.2. The highest BCUT2D eigenvalue weighted by atomic mass is 19.1. The molecule has 1 saturated carbocycles. The molecule has 0 aromatic heterocycles. The number of hydrogen-bond acceptors (Lipinski definition) is 4. The van der Waals surface area contributed by atoms with Crippen LogP contribution in [0, 0.1) is 17.7 Å². The number of piperazine rings is 1. The van der Waals surface area contributed by atoms with Crippen LogP contribution >= 0.6 is 0 Å². The molecule has 1 atom stereocenters. The Morgan fingerprint density at radius 1 is 1.03 bits per heavy atom. The first-order valence-corrected chi connectivity index (χ1v) is 11.4. The van der Waals surface area contributed by atoms with Crippen LogP contribution in [0.4, 0.5) is 10.1 Å². The number of anilines is 1. The number of carbonyl (C=O) groups is 3. The first kappa shape index (κ1) is 23.2. The van der Waals surface area contributed by atoms with Gasteiger partial charge in [0.05, 0.1) is 5.69 Å². The molecule has 2 aliphatic rings. The van der Waals surface area contributed by atoms with Crippen molar-refractivity contribution in [1.29, 1.82) is 0 Å². The van der Waals surface area contributed by atoms with Crippen molar-refractivity contribution in [2.75, 3.05) is 31.1 Å². The van der Waals surface area contributed by atoms with Crippen LogP contribution < -0.4 is 10.2 Å². The van der Waals surface area contributed by atoms with Gasteiger partial charge in [-0.2, -0.15) is 0 Å². The topological polar surface area (TPSA) is 69.7 Å². The van der Waals surface area contributed by atoms with Crippen molar-refractivity contribution in [3.05, 3.63) is 29.6 Å². The summed E-state index contributed by atoms with van der Waals surface area (Å²) in [6.45, 7) is 7.26. The van der Waals surface area contributed by atoms with Gasteiger partial charge in [0.1, 0.15) is 11.9 Å². The SMILES string of the molecule is CC(=O)c1ccc(N2CCN(C(=O)C(NC(=O)C3CCCCC3)C(C)C)CC2)c(F)c1. The third-order valence-electron chi connectivity index (χ3n) is 6.49. The van der Waals surface area contributed by atoms with Crippen LogP contribution in [0.1, 0.15) is 63.2 Å². The maximum atomic E-state index is 14.5. The smallest absolute Gasteiger partial charge is 0.245 e. The number of benzene rings is 1. The summed E-state index contributed by atoms with van der Waals surface area (Å²) in [5.41, 5.74) is 0.798. The Hall–Kier alpha value is -2.44. The lowest BCUT2D eigenvalue weighted by molar-refractivity contribution is -0.139. The van der Waals surface area contributed by atoms with Crippen LogP contribution in [0.5, 0.6) is 0 Å². The molecule has 31 heavy (non-hydrogen) atoms. The molecule has 1 aliphatic carbocycles. The number of ketones is 1. The van der Waals surface area contributed by atoms with Crippen LogP contribution in [0.25, 0.3) is 0 Å². The van der Waals surface area contributed by atoms with E-state index in [0.717, 1.165) is 25.7 Å². The van der Waals surface area contributed by atoms with Crippen molar-refractivity contribution in [3.8, 4) is 0 Å². The Morgan fingerprint density at radius 3 is 2.23 bits per heavy atom. The van der Waals surface area contributed by atoms with Gasteiger partial charge in [0.2, 0.25) is 11.8 Å². The fraction of sp³-hybridized carbons (Fsp3) is 0.625. The minimum absolute atomic E-state index is 0.00184. The molecule has 0 radical (unpaired) electrons. The molecular formula is C24H34FN3O3. The van der Waals surface area contributed by atoms with E-state index in [9.17, 15) is 18.8 Å². The summed E-state index contributed by atoms with van der Waals surface area (Å²) in [7, 11) is 0. The Morgan fingerprint density at radius 2 is 1.68 bits per heavy atom. The van der Waals surface area contributed by atoms with Crippen LogP contribution in [0.2, 0.25) is 0 Å². The molecule has 3 rings (SSSR count). The van der Waals surface area contributed by atoms with Crippen molar-refractivity contribution in [2.45, 2.75) is 58.9 Å². The molecular weight excluding hydrogens is 397 g/mol. The van der Waals surface area contributed by atoms with Gasteiger partial charge in [0.15, 0.2) is 5.78 Å². The fourth-order valence-electron chi connectivity index (χ4n) is 4.50. The first-order valence-electron chi connectivity index (χ1n) is 11.4. The van der Waals surface area contributed by atoms with Crippen molar-refractivity contribution in [1.82, 2.24) is 10.2 Å². The zero-order valence-electron chi connectivity index (χ0n) is 18.8. The van der Waals surface area contributed by atoms with Gasteiger partial charge in [-0.05, 0) is 43.9 Å². The molecule has 7 heteroatoms. The van der Waals surface area contributed by atoms with Crippen LogP contribution in [-0.4, -0.2) is 54.7 Å². The zero-order chi connectivity index (χ0) is 22.5. The minimum Gasteiger partial charge on any atom is -0.366 e. The van der Waals surface area contributed by atoms with Gasteiger partial charge < -0.3 is 15.1 Å². The van der Waals surface area contributed by atoms with E-state index >= 15 is 0 Å². The molecule has 0 bridgehead atoms. The molecule has 2 amide bonds. The van der Waals surface area contributed by atoms with Crippen molar-refractivity contribution in [2.24, 2.45) is 11.8 Å². The lowest BCUT2D eigenvalue weighted by atomic mass is 9.88. The summed E-state index contributed by atoms with van der Waals surface area (Å²) >= 11 is 0. The second-order valence-corrected chi connectivity index (χ2v) is 9.10. The number of halogens is 1. The lowest BCUT2D eigenvalue weighted by Crippen LogP contribution is -2.57. The van der Waals surface area contributed by atoms with E-state index in [1.807, 2.05) is 18.7 Å². The Kier molecular flexibility index (Phi) is 7.68. The third-order valence-corrected chi connectivity index (χ3v) is 6.49. The first-order chi connectivity index (χ1) is 14.8. The Bertz CT molecular complexity index is 812. The van der Waals surface area contributed by atoms with Gasteiger partial charge in [0.25, 0.3) is 0 Å². The highest BCUT2D eigenvalue weighted by Crippen LogP contribution is 2.25. The highest BCUT2D eigenvalue weighted by molar-refractivity contribution is 5.94. The molecule has 1 aromatic rings. The van der Waals surface area contributed by atoms with Gasteiger partial charge >= 0.3 is 0 Å². The second-order valence-electron chi connectivity index (χ2n) is 9.10. The average molecular weight is 432 g/mol. The van der Waals surface area contributed by atoms with Crippen LogP contribution in [-0.2, 0) is 9.59 Å². The third kappa shape index (κ3) is 5.63. The van der Waals surface area contributed by atoms with E-state index in [2.05, 4.69) is 5.32 Å². The molecule has 2 fully saturated rings. The van der Waals surface area contributed by atoms with Gasteiger partial charge in [-0.25, -0.2) is 4.39 Å². The van der Waals surface area contributed by atoms with Crippen molar-refractivity contribution >= 4 is 23.3 Å². The molecule has 170 valence electrons. The summed E-state index contributed by atoms with van der Waals surface area (Å²) in [4.78, 5) is 41.0. The van der Waals surface area contributed by atoms with Crippen molar-refractivity contribution < 1.29 is 18.8 Å². The van der Waals surface area contributed by atoms with E-state index in [1.54, 1.807) is 17.0 Å². The number of hydrogen-bond donors (Lipinski definition) is 1. The normalized spacial score (nSPS) is 18.7. The van der Waals surface area contributed by atoms with Gasteiger partial charge in [-0.15, -0.1) is 0 Å². The van der Waals surface area contributed by atoms with E-state index in [-0.39, 0.29) is 29.4 Å². The summed E-state index contributed by atoms with van der Waals surface area (Å²) in [6.07, 6.45) is 5.13. The fourth-order valence-corrected chi connectivity index (χ4v) is 4.50. The number of amides is 2. The largest absolute Gasteiger partial charge is 0.366 e. The number of nitrogens with one attached hydrogen (secondary N) is 1. The van der Waals surface area contributed by atoms with Crippen molar-refractivity contribution in [3.63, 3.8) is 0 Å². The number of Topliss-reactive ketones (excluding diaryl/α,β-unsaturated/α-hetero) is 1. The molecule has 1 saturated heterocycles. The maximum absolute atomic E-state index is 14.5. The number of rotatable bonds is 6.